The number of ketones is 1. The van der Waals surface area contributed by atoms with Crippen LogP contribution in [0.3, 0.4) is 0 Å². The number of hydrogen-bond donors (Lipinski definition) is 3. The van der Waals surface area contributed by atoms with Crippen molar-refractivity contribution in [1.82, 2.24) is 10.3 Å². The monoisotopic (exact) mass is 538 g/mol. The van der Waals surface area contributed by atoms with E-state index in [4.69, 9.17) is 9.47 Å². The van der Waals surface area contributed by atoms with E-state index in [-0.39, 0.29) is 37.4 Å². The number of benzene rings is 1. The fraction of sp³-hybridized carbons (Fsp3) is 0.483. The Hall–Kier alpha value is -3.95. The molecule has 10 heteroatoms. The molecule has 2 aromatic rings. The highest BCUT2D eigenvalue weighted by molar-refractivity contribution is 6.11. The summed E-state index contributed by atoms with van der Waals surface area (Å²) in [5, 5.41) is 5.88. The van der Waals surface area contributed by atoms with Crippen molar-refractivity contribution in [3.63, 3.8) is 0 Å². The van der Waals surface area contributed by atoms with Gasteiger partial charge >= 0.3 is 11.9 Å². The van der Waals surface area contributed by atoms with E-state index in [0.717, 1.165) is 22.5 Å². The number of nitrogens with one attached hydrogen (secondary N) is 3. The standard InChI is InChI=1S/C29H38N4O6/c1-6-38-23(34)14-13-22(28(37)39-7-2)33-27(36)20-10-8-9-18(24(20)25(35)29(3,4)5)11-12-19-15-31-26-21(19)16-30-17-32-26/h8-10,15-16,22,31-32H,6-7,11-14,17H2,1-5H3,(H,33,36)/t22-/m0/s1. The second-order valence-electron chi connectivity index (χ2n) is 10.3. The van der Waals surface area contributed by atoms with Crippen LogP contribution in [0.1, 0.15) is 84.9 Å². The molecule has 3 N–H and O–H groups in total. The number of anilines is 1. The van der Waals surface area contributed by atoms with E-state index < -0.39 is 29.3 Å². The molecule has 210 valence electrons. The Morgan fingerprint density at radius 1 is 1.05 bits per heavy atom. The molecular formula is C29H38N4O6. The smallest absolute Gasteiger partial charge is 0.328 e. The van der Waals surface area contributed by atoms with Gasteiger partial charge in [-0.2, -0.15) is 0 Å². The van der Waals surface area contributed by atoms with Gasteiger partial charge in [0.05, 0.1) is 18.8 Å². The van der Waals surface area contributed by atoms with Crippen molar-refractivity contribution < 1.29 is 28.7 Å². The highest BCUT2D eigenvalue weighted by Crippen LogP contribution is 2.28. The third kappa shape index (κ3) is 7.55. The number of aromatic nitrogens is 1. The molecule has 1 aliphatic rings. The number of rotatable bonds is 12. The molecule has 1 amide bonds. The normalized spacial score (nSPS) is 13.2. The molecule has 0 radical (unpaired) electrons. The fourth-order valence-corrected chi connectivity index (χ4v) is 4.37. The second-order valence-corrected chi connectivity index (χ2v) is 10.3. The van der Waals surface area contributed by atoms with Crippen molar-refractivity contribution in [3.05, 3.63) is 52.2 Å². The minimum absolute atomic E-state index is 0.0137. The van der Waals surface area contributed by atoms with Gasteiger partial charge in [0.15, 0.2) is 5.78 Å². The average Bonchev–Trinajstić information content (AvgIpc) is 3.31. The molecule has 0 unspecified atom stereocenters. The van der Waals surface area contributed by atoms with E-state index in [1.807, 2.05) is 18.5 Å². The number of amides is 1. The maximum Gasteiger partial charge on any atom is 0.328 e. The van der Waals surface area contributed by atoms with Crippen LogP contribution in [-0.4, -0.2) is 60.8 Å². The number of aromatic amines is 1. The van der Waals surface area contributed by atoms with Gasteiger partial charge in [-0.1, -0.05) is 32.9 Å². The van der Waals surface area contributed by atoms with Gasteiger partial charge in [-0.25, -0.2) is 4.79 Å². The Morgan fingerprint density at radius 2 is 1.77 bits per heavy atom. The summed E-state index contributed by atoms with van der Waals surface area (Å²) >= 11 is 0. The fourth-order valence-electron chi connectivity index (χ4n) is 4.37. The molecule has 10 nitrogen and oxygen atoms in total. The molecule has 39 heavy (non-hydrogen) atoms. The van der Waals surface area contributed by atoms with Crippen LogP contribution in [-0.2, 0) is 31.9 Å². The minimum atomic E-state index is -1.07. The molecule has 1 atom stereocenters. The van der Waals surface area contributed by atoms with E-state index in [0.29, 0.717) is 25.1 Å². The van der Waals surface area contributed by atoms with Gasteiger partial charge in [0.2, 0.25) is 0 Å². The van der Waals surface area contributed by atoms with Crippen LogP contribution in [0.5, 0.6) is 0 Å². The van der Waals surface area contributed by atoms with Crippen LogP contribution in [0.4, 0.5) is 5.82 Å². The lowest BCUT2D eigenvalue weighted by Crippen LogP contribution is -2.43. The van der Waals surface area contributed by atoms with E-state index in [1.165, 1.54) is 0 Å². The maximum atomic E-state index is 13.6. The number of ether oxygens (including phenoxy) is 2. The number of nitrogens with zero attached hydrogens (tertiary/aromatic N) is 1. The zero-order valence-electron chi connectivity index (χ0n) is 23.3. The Kier molecular flexibility index (Phi) is 10.0. The van der Waals surface area contributed by atoms with Gasteiger partial charge in [-0.3, -0.25) is 19.4 Å². The number of H-pyrrole nitrogens is 1. The molecule has 1 aliphatic heterocycles. The lowest BCUT2D eigenvalue weighted by atomic mass is 9.81. The zero-order valence-corrected chi connectivity index (χ0v) is 23.3. The molecule has 2 heterocycles. The van der Waals surface area contributed by atoms with Crippen molar-refractivity contribution in [2.45, 2.75) is 66.3 Å². The molecule has 0 spiro atoms. The van der Waals surface area contributed by atoms with E-state index >= 15 is 0 Å². The first-order valence-electron chi connectivity index (χ1n) is 13.3. The first-order chi connectivity index (χ1) is 18.6. The summed E-state index contributed by atoms with van der Waals surface area (Å²) in [6, 6.07) is 4.10. The minimum Gasteiger partial charge on any atom is -0.466 e. The molecule has 0 fully saturated rings. The number of aliphatic imine (C=N–C) groups is 1. The summed E-state index contributed by atoms with van der Waals surface area (Å²) < 4.78 is 10.1. The highest BCUT2D eigenvalue weighted by Gasteiger charge is 2.31. The van der Waals surface area contributed by atoms with Gasteiger partial charge in [0, 0.05) is 35.4 Å². The number of hydrogen-bond acceptors (Lipinski definition) is 8. The SMILES string of the molecule is CCOC(=O)CC[C@H](NC(=O)c1cccc(CCc2c[nH]c3c2C=NCN3)c1C(=O)C(C)(C)C)C(=O)OCC. The first kappa shape index (κ1) is 29.6. The van der Waals surface area contributed by atoms with Crippen LogP contribution in [0.15, 0.2) is 29.4 Å². The summed E-state index contributed by atoms with van der Waals surface area (Å²) in [7, 11) is 0. The predicted octanol–water partition coefficient (Wildman–Crippen LogP) is 3.84. The number of carbonyl (C=O) groups excluding carboxylic acids is 4. The number of esters is 2. The Balaban J connectivity index is 1.90. The number of aryl methyl sites for hydroxylation is 2. The Morgan fingerprint density at radius 3 is 2.46 bits per heavy atom. The molecule has 0 bridgehead atoms. The van der Waals surface area contributed by atoms with Crippen molar-refractivity contribution in [2.24, 2.45) is 10.4 Å². The molecule has 3 rings (SSSR count). The maximum absolute atomic E-state index is 13.6. The van der Waals surface area contributed by atoms with Gasteiger partial charge in [0.25, 0.3) is 5.91 Å². The number of fused-ring (bicyclic) bond motifs is 1. The summed E-state index contributed by atoms with van der Waals surface area (Å²) in [4.78, 5) is 59.2. The van der Waals surface area contributed by atoms with E-state index in [1.54, 1.807) is 46.8 Å². The first-order valence-corrected chi connectivity index (χ1v) is 13.3. The summed E-state index contributed by atoms with van der Waals surface area (Å²) in [5.41, 5.74) is 2.52. The third-order valence-electron chi connectivity index (χ3n) is 6.36. The van der Waals surface area contributed by atoms with Gasteiger partial charge in [0.1, 0.15) is 18.5 Å². The Labute approximate surface area is 228 Å². The summed E-state index contributed by atoms with van der Waals surface area (Å²) in [5.74, 6) is -0.975. The number of carbonyl (C=O) groups is 4. The van der Waals surface area contributed by atoms with Crippen molar-refractivity contribution in [2.75, 3.05) is 25.2 Å². The average molecular weight is 539 g/mol. The van der Waals surface area contributed by atoms with Gasteiger partial charge < -0.3 is 25.1 Å². The van der Waals surface area contributed by atoms with E-state index in [9.17, 15) is 19.2 Å². The van der Waals surface area contributed by atoms with Crippen molar-refractivity contribution in [1.29, 1.82) is 0 Å². The summed E-state index contributed by atoms with van der Waals surface area (Å²) in [6.07, 6.45) is 4.84. The predicted molar refractivity (Wildman–Crippen MR) is 148 cm³/mol. The lowest BCUT2D eigenvalue weighted by molar-refractivity contribution is -0.146. The molecule has 1 aromatic heterocycles. The molecule has 0 aliphatic carbocycles. The van der Waals surface area contributed by atoms with Crippen LogP contribution in [0, 0.1) is 5.41 Å². The second kappa shape index (κ2) is 13.2. The van der Waals surface area contributed by atoms with Gasteiger partial charge in [-0.05, 0) is 50.3 Å². The van der Waals surface area contributed by atoms with Crippen molar-refractivity contribution in [3.8, 4) is 0 Å². The van der Waals surface area contributed by atoms with Crippen LogP contribution >= 0.6 is 0 Å². The van der Waals surface area contributed by atoms with Crippen LogP contribution in [0.2, 0.25) is 0 Å². The molecular weight excluding hydrogens is 500 g/mol. The third-order valence-corrected chi connectivity index (χ3v) is 6.36. The Bertz CT molecular complexity index is 1240. The van der Waals surface area contributed by atoms with Crippen LogP contribution < -0.4 is 10.6 Å². The largest absolute Gasteiger partial charge is 0.466 e. The summed E-state index contributed by atoms with van der Waals surface area (Å²) in [6.45, 7) is 9.62. The molecule has 0 saturated carbocycles. The topological polar surface area (TPSA) is 139 Å². The van der Waals surface area contributed by atoms with Crippen molar-refractivity contribution >= 4 is 35.7 Å². The molecule has 1 aromatic carbocycles. The van der Waals surface area contributed by atoms with Crippen LogP contribution in [0.25, 0.3) is 0 Å². The quantitative estimate of drug-likeness (QED) is 0.276. The number of Topliss-reactive ketones (excluding diaryl/α,β-unsaturated/α-hetero) is 1. The van der Waals surface area contributed by atoms with E-state index in [2.05, 4.69) is 20.6 Å². The van der Waals surface area contributed by atoms with Gasteiger partial charge in [-0.15, -0.1) is 0 Å². The lowest BCUT2D eigenvalue weighted by Gasteiger charge is -2.23. The highest BCUT2D eigenvalue weighted by atomic mass is 16.5. The molecule has 0 saturated heterocycles. The zero-order chi connectivity index (χ0) is 28.6.